The first-order valence-electron chi connectivity index (χ1n) is 7.20. The van der Waals surface area contributed by atoms with E-state index in [-0.39, 0.29) is 24.3 Å². The van der Waals surface area contributed by atoms with Gasteiger partial charge >= 0.3 is 12.1 Å². The standard InChI is InChI=1S/C15H18F4N2O2/c1-9-7-21(8-10(2)23-9)13-4-3-11(5-12(13)16)6-20-14(22)15(17,18)19/h3-5,9-10H,6-8H2,1-2H3,(H,20,22)/t9-,10-/m0/s1. The molecule has 1 aromatic carbocycles. The molecule has 8 heteroatoms. The number of halogens is 4. The Balaban J connectivity index is 2.04. The highest BCUT2D eigenvalue weighted by atomic mass is 19.4. The number of ether oxygens (including phenoxy) is 1. The summed E-state index contributed by atoms with van der Waals surface area (Å²) < 4.78 is 56.1. The molecule has 2 rings (SSSR count). The maximum Gasteiger partial charge on any atom is 0.471 e. The summed E-state index contributed by atoms with van der Waals surface area (Å²) in [6.45, 7) is 4.46. The fraction of sp³-hybridized carbons (Fsp3) is 0.533. The van der Waals surface area contributed by atoms with E-state index in [1.54, 1.807) is 5.32 Å². The fourth-order valence-corrected chi connectivity index (χ4v) is 2.57. The first-order chi connectivity index (χ1) is 10.7. The van der Waals surface area contributed by atoms with E-state index in [1.165, 1.54) is 12.1 Å². The van der Waals surface area contributed by atoms with Gasteiger partial charge in [-0.25, -0.2) is 4.39 Å². The zero-order valence-electron chi connectivity index (χ0n) is 12.8. The molecule has 2 atom stereocenters. The number of nitrogens with zero attached hydrogens (tertiary/aromatic N) is 1. The quantitative estimate of drug-likeness (QED) is 0.864. The zero-order chi connectivity index (χ0) is 17.2. The first kappa shape index (κ1) is 17.5. The van der Waals surface area contributed by atoms with E-state index < -0.39 is 17.9 Å². The van der Waals surface area contributed by atoms with Crippen molar-refractivity contribution in [3.8, 4) is 0 Å². The minimum Gasteiger partial charge on any atom is -0.372 e. The topological polar surface area (TPSA) is 41.6 Å². The van der Waals surface area contributed by atoms with Crippen LogP contribution in [0.25, 0.3) is 0 Å². The maximum absolute atomic E-state index is 14.2. The van der Waals surface area contributed by atoms with Crippen LogP contribution in [0, 0.1) is 5.82 Å². The van der Waals surface area contributed by atoms with Crippen LogP contribution >= 0.6 is 0 Å². The van der Waals surface area contributed by atoms with Crippen molar-refractivity contribution in [2.75, 3.05) is 18.0 Å². The molecule has 1 aromatic rings. The second-order valence-electron chi connectivity index (χ2n) is 5.63. The molecule has 4 nitrogen and oxygen atoms in total. The molecule has 0 unspecified atom stereocenters. The first-order valence-corrected chi connectivity index (χ1v) is 7.20. The average Bonchev–Trinajstić information content (AvgIpc) is 2.42. The predicted molar refractivity (Wildman–Crippen MR) is 76.5 cm³/mol. The number of carbonyl (C=O) groups excluding carboxylic acids is 1. The van der Waals surface area contributed by atoms with Crippen LogP contribution in [0.15, 0.2) is 18.2 Å². The second kappa shape index (κ2) is 6.74. The van der Waals surface area contributed by atoms with Crippen molar-refractivity contribution >= 4 is 11.6 Å². The number of rotatable bonds is 3. The maximum atomic E-state index is 14.2. The summed E-state index contributed by atoms with van der Waals surface area (Å²) in [5.41, 5.74) is 0.635. The van der Waals surface area contributed by atoms with Crippen LogP contribution in [0.3, 0.4) is 0 Å². The minimum atomic E-state index is -4.95. The molecule has 1 aliphatic rings. The molecule has 0 bridgehead atoms. The van der Waals surface area contributed by atoms with E-state index in [0.29, 0.717) is 18.8 Å². The summed E-state index contributed by atoms with van der Waals surface area (Å²) in [4.78, 5) is 12.6. The zero-order valence-corrected chi connectivity index (χ0v) is 12.8. The Kier molecular flexibility index (Phi) is 5.13. The molecular weight excluding hydrogens is 316 g/mol. The van der Waals surface area contributed by atoms with Gasteiger partial charge in [0.05, 0.1) is 17.9 Å². The number of amides is 1. The number of carbonyl (C=O) groups is 1. The van der Waals surface area contributed by atoms with Gasteiger partial charge in [-0.3, -0.25) is 4.79 Å². The van der Waals surface area contributed by atoms with Crippen LogP contribution in [0.2, 0.25) is 0 Å². The normalized spacial score (nSPS) is 22.1. The molecule has 23 heavy (non-hydrogen) atoms. The number of nitrogens with one attached hydrogen (secondary N) is 1. The van der Waals surface area contributed by atoms with Crippen LogP contribution in [0.1, 0.15) is 19.4 Å². The van der Waals surface area contributed by atoms with Crippen LogP contribution in [0.5, 0.6) is 0 Å². The van der Waals surface area contributed by atoms with E-state index in [0.717, 1.165) is 6.07 Å². The molecule has 1 heterocycles. The Bertz CT molecular complexity index is 567. The summed E-state index contributed by atoms with van der Waals surface area (Å²) in [7, 11) is 0. The van der Waals surface area contributed by atoms with Gasteiger partial charge in [0, 0.05) is 19.6 Å². The number of morpholine rings is 1. The van der Waals surface area contributed by atoms with Crippen molar-refractivity contribution in [1.82, 2.24) is 5.32 Å². The Morgan fingerprint density at radius 2 is 1.91 bits per heavy atom. The van der Waals surface area contributed by atoms with Crippen LogP contribution in [-0.2, 0) is 16.1 Å². The Hall–Kier alpha value is -1.83. The SMILES string of the molecule is C[C@H]1CN(c2ccc(CNC(=O)C(F)(F)F)cc2F)C[C@H](C)O1. The van der Waals surface area contributed by atoms with E-state index in [1.807, 2.05) is 18.7 Å². The smallest absolute Gasteiger partial charge is 0.372 e. The number of benzene rings is 1. The summed E-state index contributed by atoms with van der Waals surface area (Å²) in [5, 5.41) is 1.72. The molecular formula is C15H18F4N2O2. The van der Waals surface area contributed by atoms with Crippen molar-refractivity contribution < 1.29 is 27.1 Å². The third-order valence-corrected chi connectivity index (χ3v) is 3.48. The molecule has 0 aliphatic carbocycles. The van der Waals surface area contributed by atoms with Crippen molar-refractivity contribution in [2.45, 2.75) is 38.8 Å². The highest BCUT2D eigenvalue weighted by Gasteiger charge is 2.38. The van der Waals surface area contributed by atoms with Crippen LogP contribution in [0.4, 0.5) is 23.2 Å². The van der Waals surface area contributed by atoms with Gasteiger partial charge in [-0.1, -0.05) is 6.07 Å². The van der Waals surface area contributed by atoms with Crippen molar-refractivity contribution in [1.29, 1.82) is 0 Å². The van der Waals surface area contributed by atoms with Gasteiger partial charge in [-0.05, 0) is 31.5 Å². The van der Waals surface area contributed by atoms with Gasteiger partial charge in [0.15, 0.2) is 0 Å². The summed E-state index contributed by atoms with van der Waals surface area (Å²) in [5.74, 6) is -2.58. The number of hydrogen-bond acceptors (Lipinski definition) is 3. The summed E-state index contributed by atoms with van der Waals surface area (Å²) in [6, 6.07) is 4.14. The molecule has 128 valence electrons. The van der Waals surface area contributed by atoms with E-state index in [4.69, 9.17) is 4.74 Å². The van der Waals surface area contributed by atoms with Gasteiger partial charge < -0.3 is 15.0 Å². The monoisotopic (exact) mass is 334 g/mol. The summed E-state index contributed by atoms with van der Waals surface area (Å²) in [6.07, 6.45) is -5.02. The highest BCUT2D eigenvalue weighted by molar-refractivity contribution is 5.81. The van der Waals surface area contributed by atoms with Gasteiger partial charge in [-0.2, -0.15) is 13.2 Å². The summed E-state index contributed by atoms with van der Waals surface area (Å²) >= 11 is 0. The molecule has 1 saturated heterocycles. The van der Waals surface area contributed by atoms with Crippen molar-refractivity contribution in [3.63, 3.8) is 0 Å². The average molecular weight is 334 g/mol. The van der Waals surface area contributed by atoms with Crippen LogP contribution < -0.4 is 10.2 Å². The fourth-order valence-electron chi connectivity index (χ4n) is 2.57. The van der Waals surface area contributed by atoms with Gasteiger partial charge in [-0.15, -0.1) is 0 Å². The van der Waals surface area contributed by atoms with E-state index in [9.17, 15) is 22.4 Å². The molecule has 0 spiro atoms. The second-order valence-corrected chi connectivity index (χ2v) is 5.63. The van der Waals surface area contributed by atoms with E-state index in [2.05, 4.69) is 0 Å². The third kappa shape index (κ3) is 4.57. The molecule has 0 aromatic heterocycles. The Morgan fingerprint density at radius 1 is 1.30 bits per heavy atom. The largest absolute Gasteiger partial charge is 0.471 e. The molecule has 1 fully saturated rings. The van der Waals surface area contributed by atoms with Crippen molar-refractivity contribution in [3.05, 3.63) is 29.6 Å². The molecule has 1 N–H and O–H groups in total. The van der Waals surface area contributed by atoms with Crippen LogP contribution in [-0.4, -0.2) is 37.4 Å². The lowest BCUT2D eigenvalue weighted by Gasteiger charge is -2.37. The van der Waals surface area contributed by atoms with Gasteiger partial charge in [0.25, 0.3) is 0 Å². The lowest BCUT2D eigenvalue weighted by atomic mass is 10.1. The third-order valence-electron chi connectivity index (χ3n) is 3.48. The lowest BCUT2D eigenvalue weighted by molar-refractivity contribution is -0.173. The Morgan fingerprint density at radius 3 is 2.43 bits per heavy atom. The highest BCUT2D eigenvalue weighted by Crippen LogP contribution is 2.24. The van der Waals surface area contributed by atoms with Gasteiger partial charge in [0.2, 0.25) is 0 Å². The predicted octanol–water partition coefficient (Wildman–Crippen LogP) is 2.62. The van der Waals surface area contributed by atoms with Crippen molar-refractivity contribution in [2.24, 2.45) is 0 Å². The van der Waals surface area contributed by atoms with E-state index >= 15 is 0 Å². The molecule has 1 aliphatic heterocycles. The Labute approximate surface area is 131 Å². The minimum absolute atomic E-state index is 0.0381. The molecule has 0 radical (unpaired) electrons. The number of alkyl halides is 3. The van der Waals surface area contributed by atoms with Gasteiger partial charge in [0.1, 0.15) is 5.82 Å². The molecule has 0 saturated carbocycles. The molecule has 1 amide bonds. The lowest BCUT2D eigenvalue weighted by Crippen LogP contribution is -2.45. The number of hydrogen-bond donors (Lipinski definition) is 1. The number of anilines is 1.